The zero-order valence-electron chi connectivity index (χ0n) is 16.5. The third-order valence-corrected chi connectivity index (χ3v) is 4.86. The molecule has 0 aliphatic rings. The number of hydrogen-bond donors (Lipinski definition) is 2. The zero-order valence-corrected chi connectivity index (χ0v) is 16.5. The van der Waals surface area contributed by atoms with E-state index in [9.17, 15) is 18.0 Å². The standard InChI is InChI=1S/C23H19F3N2O3/c1-30-16-6-8-19-18-7-5-14(10-20(18)28-21(19)12-16)11-22(29)27-13-15-3-2-4-17(9-15)31-23(24,25)26/h2-10,12,28H,11,13H2,1H3,(H,27,29). The number of ether oxygens (including phenoxy) is 2. The van der Waals surface area contributed by atoms with E-state index in [-0.39, 0.29) is 24.6 Å². The smallest absolute Gasteiger partial charge is 0.497 e. The fourth-order valence-electron chi connectivity index (χ4n) is 3.47. The predicted molar refractivity (Wildman–Crippen MR) is 111 cm³/mol. The van der Waals surface area contributed by atoms with Crippen molar-refractivity contribution in [3.05, 3.63) is 71.8 Å². The van der Waals surface area contributed by atoms with E-state index >= 15 is 0 Å². The van der Waals surface area contributed by atoms with Gasteiger partial charge in [-0.25, -0.2) is 0 Å². The molecule has 4 rings (SSSR count). The van der Waals surface area contributed by atoms with Crippen LogP contribution in [0.1, 0.15) is 11.1 Å². The number of aromatic amines is 1. The Labute approximate surface area is 175 Å². The molecule has 0 unspecified atom stereocenters. The molecule has 0 aliphatic carbocycles. The third kappa shape index (κ3) is 4.91. The Morgan fingerprint density at radius 3 is 2.42 bits per heavy atom. The van der Waals surface area contributed by atoms with Crippen LogP contribution in [0.4, 0.5) is 13.2 Å². The molecule has 0 aliphatic heterocycles. The first-order valence-electron chi connectivity index (χ1n) is 9.50. The van der Waals surface area contributed by atoms with Gasteiger partial charge in [0, 0.05) is 28.9 Å². The molecular formula is C23H19F3N2O3. The van der Waals surface area contributed by atoms with Crippen molar-refractivity contribution in [3.63, 3.8) is 0 Å². The minimum atomic E-state index is -4.76. The largest absolute Gasteiger partial charge is 0.573 e. The molecule has 2 N–H and O–H groups in total. The fourth-order valence-corrected chi connectivity index (χ4v) is 3.47. The minimum Gasteiger partial charge on any atom is -0.497 e. The van der Waals surface area contributed by atoms with E-state index in [1.807, 2.05) is 36.4 Å². The minimum absolute atomic E-state index is 0.0995. The fraction of sp³-hybridized carbons (Fsp3) is 0.174. The van der Waals surface area contributed by atoms with Crippen molar-refractivity contribution >= 4 is 27.7 Å². The molecular weight excluding hydrogens is 409 g/mol. The van der Waals surface area contributed by atoms with E-state index in [0.717, 1.165) is 33.1 Å². The summed E-state index contributed by atoms with van der Waals surface area (Å²) < 4.78 is 46.2. The monoisotopic (exact) mass is 428 g/mol. The highest BCUT2D eigenvalue weighted by Crippen LogP contribution is 2.29. The Kier molecular flexibility index (Phi) is 5.46. The first-order chi connectivity index (χ1) is 14.8. The molecule has 0 spiro atoms. The number of fused-ring (bicyclic) bond motifs is 3. The van der Waals surface area contributed by atoms with E-state index < -0.39 is 6.36 Å². The predicted octanol–water partition coefficient (Wildman–Crippen LogP) is 5.09. The van der Waals surface area contributed by atoms with E-state index in [2.05, 4.69) is 15.0 Å². The van der Waals surface area contributed by atoms with Gasteiger partial charge in [-0.3, -0.25) is 4.79 Å². The number of hydrogen-bond acceptors (Lipinski definition) is 3. The molecule has 3 aromatic carbocycles. The number of aromatic nitrogens is 1. The summed E-state index contributed by atoms with van der Waals surface area (Å²) in [5.74, 6) is 0.197. The Balaban J connectivity index is 1.42. The van der Waals surface area contributed by atoms with Crippen molar-refractivity contribution in [1.29, 1.82) is 0 Å². The highest BCUT2D eigenvalue weighted by molar-refractivity contribution is 6.07. The molecule has 0 fully saturated rings. The lowest BCUT2D eigenvalue weighted by atomic mass is 10.1. The van der Waals surface area contributed by atoms with Gasteiger partial charge in [0.25, 0.3) is 0 Å². The van der Waals surface area contributed by atoms with Crippen LogP contribution in [-0.4, -0.2) is 24.4 Å². The molecule has 0 radical (unpaired) electrons. The van der Waals surface area contributed by atoms with Crippen molar-refractivity contribution in [1.82, 2.24) is 10.3 Å². The van der Waals surface area contributed by atoms with Gasteiger partial charge >= 0.3 is 6.36 Å². The highest BCUT2D eigenvalue weighted by Gasteiger charge is 2.31. The summed E-state index contributed by atoms with van der Waals surface area (Å²) >= 11 is 0. The van der Waals surface area contributed by atoms with Gasteiger partial charge in [0.15, 0.2) is 0 Å². The van der Waals surface area contributed by atoms with Crippen LogP contribution in [-0.2, 0) is 17.8 Å². The molecule has 0 atom stereocenters. The lowest BCUT2D eigenvalue weighted by Crippen LogP contribution is -2.24. The van der Waals surface area contributed by atoms with Crippen molar-refractivity contribution in [2.75, 3.05) is 7.11 Å². The van der Waals surface area contributed by atoms with Crippen LogP contribution >= 0.6 is 0 Å². The maximum absolute atomic E-state index is 12.3. The van der Waals surface area contributed by atoms with Crippen LogP contribution in [0.3, 0.4) is 0 Å². The van der Waals surface area contributed by atoms with Gasteiger partial charge in [0.2, 0.25) is 5.91 Å². The third-order valence-electron chi connectivity index (χ3n) is 4.86. The van der Waals surface area contributed by atoms with Crippen molar-refractivity contribution in [3.8, 4) is 11.5 Å². The van der Waals surface area contributed by atoms with Gasteiger partial charge in [-0.05, 0) is 41.5 Å². The quantitative estimate of drug-likeness (QED) is 0.450. The lowest BCUT2D eigenvalue weighted by Gasteiger charge is -2.10. The Hall–Kier alpha value is -3.68. The SMILES string of the molecule is COc1ccc2c(c1)[nH]c1cc(CC(=O)NCc3cccc(OC(F)(F)F)c3)ccc12. The number of benzene rings is 3. The molecule has 160 valence electrons. The van der Waals surface area contributed by atoms with Crippen molar-refractivity contribution in [2.45, 2.75) is 19.3 Å². The van der Waals surface area contributed by atoms with Gasteiger partial charge in [0.1, 0.15) is 11.5 Å². The van der Waals surface area contributed by atoms with Crippen LogP contribution in [0.5, 0.6) is 11.5 Å². The number of amides is 1. The Morgan fingerprint density at radius 2 is 1.68 bits per heavy atom. The molecule has 0 saturated carbocycles. The number of nitrogens with one attached hydrogen (secondary N) is 2. The number of alkyl halides is 3. The van der Waals surface area contributed by atoms with Crippen LogP contribution < -0.4 is 14.8 Å². The zero-order chi connectivity index (χ0) is 22.0. The molecule has 31 heavy (non-hydrogen) atoms. The number of carbonyl (C=O) groups excluding carboxylic acids is 1. The molecule has 8 heteroatoms. The summed E-state index contributed by atoms with van der Waals surface area (Å²) in [7, 11) is 1.61. The number of rotatable bonds is 6. The van der Waals surface area contributed by atoms with Gasteiger partial charge < -0.3 is 19.8 Å². The molecule has 1 amide bonds. The maximum Gasteiger partial charge on any atom is 0.573 e. The molecule has 0 bridgehead atoms. The van der Waals surface area contributed by atoms with Gasteiger partial charge in [-0.15, -0.1) is 13.2 Å². The average Bonchev–Trinajstić information content (AvgIpc) is 3.08. The summed E-state index contributed by atoms with van der Waals surface area (Å²) in [6.45, 7) is 0.0995. The molecule has 0 saturated heterocycles. The molecule has 1 heterocycles. The number of halogens is 3. The number of H-pyrrole nitrogens is 1. The molecule has 5 nitrogen and oxygen atoms in total. The summed E-state index contributed by atoms with van der Waals surface area (Å²) in [5.41, 5.74) is 3.18. The van der Waals surface area contributed by atoms with E-state index in [4.69, 9.17) is 4.74 Å². The second-order valence-corrected chi connectivity index (χ2v) is 7.07. The van der Waals surface area contributed by atoms with Gasteiger partial charge in [0.05, 0.1) is 19.0 Å². The topological polar surface area (TPSA) is 63.4 Å². The van der Waals surface area contributed by atoms with Crippen LogP contribution in [0.2, 0.25) is 0 Å². The normalized spacial score (nSPS) is 11.6. The number of methoxy groups -OCH3 is 1. The summed E-state index contributed by atoms with van der Waals surface area (Å²) in [6, 6.07) is 17.1. The van der Waals surface area contributed by atoms with E-state index in [1.54, 1.807) is 13.2 Å². The lowest BCUT2D eigenvalue weighted by molar-refractivity contribution is -0.274. The van der Waals surface area contributed by atoms with Crippen molar-refractivity contribution in [2.24, 2.45) is 0 Å². The van der Waals surface area contributed by atoms with Gasteiger partial charge in [-0.2, -0.15) is 0 Å². The van der Waals surface area contributed by atoms with Crippen molar-refractivity contribution < 1.29 is 27.4 Å². The van der Waals surface area contributed by atoms with Crippen LogP contribution in [0, 0.1) is 0 Å². The Bertz CT molecular complexity index is 1250. The summed E-state index contributed by atoms with van der Waals surface area (Å²) in [6.07, 6.45) is -4.61. The second-order valence-electron chi connectivity index (χ2n) is 7.07. The van der Waals surface area contributed by atoms with E-state index in [1.165, 1.54) is 18.2 Å². The highest BCUT2D eigenvalue weighted by atomic mass is 19.4. The maximum atomic E-state index is 12.3. The van der Waals surface area contributed by atoms with Crippen LogP contribution in [0.15, 0.2) is 60.7 Å². The van der Waals surface area contributed by atoms with Crippen LogP contribution in [0.25, 0.3) is 21.8 Å². The second kappa shape index (κ2) is 8.22. The Morgan fingerprint density at radius 1 is 0.935 bits per heavy atom. The van der Waals surface area contributed by atoms with Gasteiger partial charge in [-0.1, -0.05) is 24.3 Å². The summed E-state index contributed by atoms with van der Waals surface area (Å²) in [4.78, 5) is 15.7. The first kappa shape index (κ1) is 20.6. The summed E-state index contributed by atoms with van der Waals surface area (Å²) in [5, 5.41) is 4.83. The average molecular weight is 428 g/mol. The first-order valence-corrected chi connectivity index (χ1v) is 9.50. The molecule has 1 aromatic heterocycles. The van der Waals surface area contributed by atoms with E-state index in [0.29, 0.717) is 5.56 Å². The number of carbonyl (C=O) groups is 1. The molecule has 4 aromatic rings.